The lowest BCUT2D eigenvalue weighted by Gasteiger charge is -2.40. The number of nitrogens with zero attached hydrogens (tertiary/aromatic N) is 3. The van der Waals surface area contributed by atoms with Gasteiger partial charge in [-0.1, -0.05) is 6.07 Å². The molecule has 1 atom stereocenters. The number of nitrogens with one attached hydrogen (secondary N) is 2. The van der Waals surface area contributed by atoms with Crippen LogP contribution in [0.4, 0.5) is 0 Å². The van der Waals surface area contributed by atoms with Gasteiger partial charge in [-0.2, -0.15) is 0 Å². The number of rotatable bonds is 5. The van der Waals surface area contributed by atoms with Gasteiger partial charge in [-0.25, -0.2) is 9.98 Å². The number of likely N-dealkylation sites (tertiary alicyclic amines) is 1. The van der Waals surface area contributed by atoms with Gasteiger partial charge in [0.05, 0.1) is 6.54 Å². The quantitative estimate of drug-likeness (QED) is 0.587. The highest BCUT2D eigenvalue weighted by Gasteiger charge is 2.42. The number of carbonyl (C=O) groups excluding carboxylic acids is 1. The monoisotopic (exact) mass is 399 g/mol. The van der Waals surface area contributed by atoms with E-state index < -0.39 is 0 Å². The van der Waals surface area contributed by atoms with Gasteiger partial charge < -0.3 is 20.3 Å². The number of pyridine rings is 1. The highest BCUT2D eigenvalue weighted by atomic mass is 16.5. The van der Waals surface area contributed by atoms with Crippen molar-refractivity contribution in [1.82, 2.24) is 20.5 Å². The Labute approximate surface area is 173 Å². The zero-order valence-electron chi connectivity index (χ0n) is 17.5. The van der Waals surface area contributed by atoms with E-state index in [2.05, 4.69) is 33.5 Å². The molecule has 2 saturated heterocycles. The van der Waals surface area contributed by atoms with E-state index in [1.807, 2.05) is 6.07 Å². The average molecular weight is 400 g/mol. The summed E-state index contributed by atoms with van der Waals surface area (Å²) < 4.78 is 6.17. The van der Waals surface area contributed by atoms with Crippen LogP contribution < -0.4 is 15.4 Å². The van der Waals surface area contributed by atoms with Crippen LogP contribution >= 0.6 is 0 Å². The molecular weight excluding hydrogens is 366 g/mol. The summed E-state index contributed by atoms with van der Waals surface area (Å²) in [5.41, 5.74) is 1.08. The standard InChI is InChI=1S/C22H33N5O2/c1-2-23-21(27-12-6-10-22(16-27)13-19(28)26-15-22)25-14-17-7-5-11-24-20(17)29-18-8-3-4-9-18/h5,7,11,18H,2-4,6,8-10,12-16H2,1H3,(H,23,25)(H,26,28). The Morgan fingerprint density at radius 1 is 1.41 bits per heavy atom. The highest BCUT2D eigenvalue weighted by Crippen LogP contribution is 2.36. The normalized spacial score (nSPS) is 25.5. The molecule has 0 radical (unpaired) electrons. The molecule has 2 N–H and O–H groups in total. The fraction of sp³-hybridized carbons (Fsp3) is 0.682. The Hall–Kier alpha value is -2.31. The van der Waals surface area contributed by atoms with Gasteiger partial charge in [0, 0.05) is 49.8 Å². The second kappa shape index (κ2) is 9.01. The highest BCUT2D eigenvalue weighted by molar-refractivity contribution is 5.81. The molecule has 0 bridgehead atoms. The van der Waals surface area contributed by atoms with E-state index in [0.717, 1.165) is 69.3 Å². The molecule has 3 fully saturated rings. The molecule has 1 aliphatic carbocycles. The third-order valence-corrected chi connectivity index (χ3v) is 6.32. The summed E-state index contributed by atoms with van der Waals surface area (Å²) in [6.45, 7) is 6.07. The summed E-state index contributed by atoms with van der Waals surface area (Å²) >= 11 is 0. The van der Waals surface area contributed by atoms with Crippen LogP contribution in [0.3, 0.4) is 0 Å². The predicted octanol–water partition coefficient (Wildman–Crippen LogP) is 2.47. The van der Waals surface area contributed by atoms with E-state index in [0.29, 0.717) is 13.0 Å². The molecule has 1 aromatic rings. The van der Waals surface area contributed by atoms with Crippen molar-refractivity contribution in [3.63, 3.8) is 0 Å². The second-order valence-electron chi connectivity index (χ2n) is 8.64. The molecule has 1 amide bonds. The molecule has 7 nitrogen and oxygen atoms in total. The molecule has 3 heterocycles. The van der Waals surface area contributed by atoms with Crippen molar-refractivity contribution < 1.29 is 9.53 Å². The second-order valence-corrected chi connectivity index (χ2v) is 8.64. The number of carbonyl (C=O) groups is 1. The van der Waals surface area contributed by atoms with Crippen LogP contribution in [-0.2, 0) is 11.3 Å². The Morgan fingerprint density at radius 2 is 2.28 bits per heavy atom. The van der Waals surface area contributed by atoms with Crippen molar-refractivity contribution in [3.8, 4) is 5.88 Å². The minimum Gasteiger partial charge on any atom is -0.474 e. The van der Waals surface area contributed by atoms with Crippen LogP contribution in [0.15, 0.2) is 23.3 Å². The number of guanidine groups is 1. The van der Waals surface area contributed by atoms with Crippen LogP contribution in [0.2, 0.25) is 0 Å². The van der Waals surface area contributed by atoms with E-state index >= 15 is 0 Å². The first-order valence-electron chi connectivity index (χ1n) is 11.1. The molecule has 3 aliphatic rings. The number of aromatic nitrogens is 1. The topological polar surface area (TPSA) is 78.9 Å². The molecule has 4 rings (SSSR count). The number of hydrogen-bond donors (Lipinski definition) is 2. The lowest BCUT2D eigenvalue weighted by atomic mass is 9.79. The third-order valence-electron chi connectivity index (χ3n) is 6.32. The maximum atomic E-state index is 11.8. The number of amides is 1. The first kappa shape index (κ1) is 20.0. The van der Waals surface area contributed by atoms with Gasteiger partial charge in [0.15, 0.2) is 5.96 Å². The Bertz CT molecular complexity index is 746. The Morgan fingerprint density at radius 3 is 3.03 bits per heavy atom. The smallest absolute Gasteiger partial charge is 0.220 e. The van der Waals surface area contributed by atoms with Crippen LogP contribution in [-0.4, -0.2) is 54.0 Å². The van der Waals surface area contributed by atoms with E-state index in [-0.39, 0.29) is 17.4 Å². The van der Waals surface area contributed by atoms with Gasteiger partial charge in [0.2, 0.25) is 11.8 Å². The average Bonchev–Trinajstić information content (AvgIpc) is 3.36. The van der Waals surface area contributed by atoms with Crippen molar-refractivity contribution in [3.05, 3.63) is 23.9 Å². The maximum absolute atomic E-state index is 11.8. The van der Waals surface area contributed by atoms with Gasteiger partial charge in [0.25, 0.3) is 0 Å². The van der Waals surface area contributed by atoms with Crippen molar-refractivity contribution in [1.29, 1.82) is 0 Å². The first-order chi connectivity index (χ1) is 14.2. The number of hydrogen-bond acceptors (Lipinski definition) is 4. The van der Waals surface area contributed by atoms with Crippen LogP contribution in [0.25, 0.3) is 0 Å². The Kier molecular flexibility index (Phi) is 6.21. The molecule has 1 aromatic heterocycles. The lowest BCUT2D eigenvalue weighted by molar-refractivity contribution is -0.119. The summed E-state index contributed by atoms with van der Waals surface area (Å²) in [4.78, 5) is 23.5. The number of aliphatic imine (C=N–C) groups is 1. The fourth-order valence-corrected chi connectivity index (χ4v) is 4.83. The van der Waals surface area contributed by atoms with Crippen molar-refractivity contribution in [2.24, 2.45) is 10.4 Å². The summed E-state index contributed by atoms with van der Waals surface area (Å²) in [5, 5.41) is 6.46. The molecule has 1 spiro atoms. The summed E-state index contributed by atoms with van der Waals surface area (Å²) in [6.07, 6.45) is 9.61. The maximum Gasteiger partial charge on any atom is 0.220 e. The zero-order valence-corrected chi connectivity index (χ0v) is 17.5. The van der Waals surface area contributed by atoms with Gasteiger partial charge in [0.1, 0.15) is 6.10 Å². The summed E-state index contributed by atoms with van der Waals surface area (Å²) in [5.74, 6) is 1.82. The predicted molar refractivity (Wildman–Crippen MR) is 113 cm³/mol. The molecule has 158 valence electrons. The molecule has 0 aromatic carbocycles. The molecule has 29 heavy (non-hydrogen) atoms. The van der Waals surface area contributed by atoms with Gasteiger partial charge in [-0.3, -0.25) is 4.79 Å². The van der Waals surface area contributed by atoms with E-state index in [4.69, 9.17) is 9.73 Å². The SMILES string of the molecule is CCNC(=NCc1cccnc1OC1CCCC1)N1CCCC2(CNC(=O)C2)C1. The van der Waals surface area contributed by atoms with Crippen molar-refractivity contribution in [2.45, 2.75) is 64.5 Å². The fourth-order valence-electron chi connectivity index (χ4n) is 4.83. The van der Waals surface area contributed by atoms with Crippen LogP contribution in [0, 0.1) is 5.41 Å². The number of ether oxygens (including phenoxy) is 1. The van der Waals surface area contributed by atoms with Gasteiger partial charge in [-0.15, -0.1) is 0 Å². The first-order valence-corrected chi connectivity index (χ1v) is 11.1. The van der Waals surface area contributed by atoms with Gasteiger partial charge in [-0.05, 0) is 51.5 Å². The summed E-state index contributed by atoms with van der Waals surface area (Å²) in [6, 6.07) is 4.01. The van der Waals surface area contributed by atoms with Crippen molar-refractivity contribution in [2.75, 3.05) is 26.2 Å². The van der Waals surface area contributed by atoms with Crippen molar-refractivity contribution >= 4 is 11.9 Å². The van der Waals surface area contributed by atoms with E-state index in [1.54, 1.807) is 6.20 Å². The van der Waals surface area contributed by atoms with Crippen LogP contribution in [0.1, 0.15) is 57.4 Å². The third kappa shape index (κ3) is 4.82. The zero-order chi connectivity index (χ0) is 20.1. The molecule has 7 heteroatoms. The lowest BCUT2D eigenvalue weighted by Crippen LogP contribution is -2.51. The van der Waals surface area contributed by atoms with Gasteiger partial charge >= 0.3 is 0 Å². The van der Waals surface area contributed by atoms with E-state index in [1.165, 1.54) is 12.8 Å². The minimum atomic E-state index is 0.0522. The van der Waals surface area contributed by atoms with Crippen LogP contribution in [0.5, 0.6) is 5.88 Å². The minimum absolute atomic E-state index is 0.0522. The molecule has 1 saturated carbocycles. The molecule has 2 aliphatic heterocycles. The van der Waals surface area contributed by atoms with E-state index in [9.17, 15) is 4.79 Å². The number of piperidine rings is 1. The molecule has 1 unspecified atom stereocenters. The largest absolute Gasteiger partial charge is 0.474 e. The Balaban J connectivity index is 1.47. The summed E-state index contributed by atoms with van der Waals surface area (Å²) in [7, 11) is 0. The molecular formula is C22H33N5O2.